The number of carboxylic acid groups (broad SMARTS) is 2. The molecule has 4 aliphatic heterocycles. The second-order valence-electron chi connectivity index (χ2n) is 16.3. The molecule has 4 saturated heterocycles. The molecule has 4 aliphatic rings. The third-order valence-corrected chi connectivity index (χ3v) is 11.2. The van der Waals surface area contributed by atoms with Crippen molar-refractivity contribution in [1.82, 2.24) is 21.3 Å². The number of carbonyl (C=O) groups is 6. The molecule has 14 N–H and O–H groups in total. The predicted octanol–water partition coefficient (Wildman–Crippen LogP) is -8.18. The first-order chi connectivity index (χ1) is 31.5. The van der Waals surface area contributed by atoms with Crippen molar-refractivity contribution in [2.45, 2.75) is 176 Å². The molecule has 0 aromatic carbocycles. The van der Waals surface area contributed by atoms with Crippen LogP contribution in [0.2, 0.25) is 0 Å². The Balaban J connectivity index is 1.75. The summed E-state index contributed by atoms with van der Waals surface area (Å²) in [5.74, 6) is -6.13. The SMILES string of the molecule is CC(=O)N[C@@H]1[C@H](O[C@H]2[C@@H](O[C@H](C)C(=O)O)[C@@H](NC(C)=O)[C@@H](O[C@H]3[C@@H](O)[C@@H](NC(C)=O)[C@@H](O[C@H]4[C@@H](O[C@H](C)C(=O)O)[C@@H](NC(C)=O)[C@@H](O)O[C@H]4CO)O[C@H]3CO)O[C@H]2CO)O[C@H](CO)[C@H](O)[C@@H]1O. The fourth-order valence-corrected chi connectivity index (χ4v) is 8.04. The Labute approximate surface area is 381 Å². The third-order valence-electron chi connectivity index (χ3n) is 11.2. The third kappa shape index (κ3) is 13.7. The summed E-state index contributed by atoms with van der Waals surface area (Å²) in [7, 11) is 0. The molecule has 0 bridgehead atoms. The maximum atomic E-state index is 12.8. The lowest BCUT2D eigenvalue weighted by Crippen LogP contribution is -2.72. The van der Waals surface area contributed by atoms with E-state index >= 15 is 0 Å². The molecule has 4 heterocycles. The van der Waals surface area contributed by atoms with E-state index in [9.17, 15) is 79.8 Å². The number of aliphatic hydroxyl groups is 8. The highest BCUT2D eigenvalue weighted by Gasteiger charge is 2.57. The van der Waals surface area contributed by atoms with Crippen molar-refractivity contribution in [2.24, 2.45) is 0 Å². The van der Waals surface area contributed by atoms with Crippen LogP contribution in [-0.2, 0) is 71.4 Å². The quantitative estimate of drug-likeness (QED) is 0.0539. The van der Waals surface area contributed by atoms with Crippen molar-refractivity contribution in [1.29, 1.82) is 0 Å². The number of aliphatic hydroxyl groups excluding tert-OH is 8. The van der Waals surface area contributed by atoms with Gasteiger partial charge in [-0.3, -0.25) is 19.2 Å². The summed E-state index contributed by atoms with van der Waals surface area (Å²) < 4.78 is 53.4. The normalized spacial score (nSPS) is 39.9. The maximum absolute atomic E-state index is 12.8. The average Bonchev–Trinajstić information content (AvgIpc) is 3.25. The van der Waals surface area contributed by atoms with Crippen LogP contribution in [-0.4, -0.2) is 248 Å². The van der Waals surface area contributed by atoms with Crippen LogP contribution in [0.1, 0.15) is 41.5 Å². The minimum Gasteiger partial charge on any atom is -0.479 e. The highest BCUT2D eigenvalue weighted by molar-refractivity contribution is 5.75. The van der Waals surface area contributed by atoms with Gasteiger partial charge in [0.1, 0.15) is 97.4 Å². The van der Waals surface area contributed by atoms with Gasteiger partial charge < -0.3 is 115 Å². The molecule has 0 aromatic heterocycles. The van der Waals surface area contributed by atoms with Crippen molar-refractivity contribution in [2.75, 3.05) is 26.4 Å². The van der Waals surface area contributed by atoms with Crippen LogP contribution < -0.4 is 21.3 Å². The molecular formula is C38H62N4O25. The number of hydrogen-bond donors (Lipinski definition) is 14. The van der Waals surface area contributed by atoms with Gasteiger partial charge in [-0.2, -0.15) is 0 Å². The van der Waals surface area contributed by atoms with Gasteiger partial charge in [0.05, 0.1) is 26.4 Å². The van der Waals surface area contributed by atoms with Crippen molar-refractivity contribution < 1.29 is 122 Å². The van der Waals surface area contributed by atoms with Crippen molar-refractivity contribution in [3.8, 4) is 0 Å². The van der Waals surface area contributed by atoms with Gasteiger partial charge in [0.2, 0.25) is 23.6 Å². The molecule has 0 saturated carbocycles. The van der Waals surface area contributed by atoms with E-state index in [-0.39, 0.29) is 0 Å². The standard InChI is InChI=1S/C38H62N4O25/c1-11(33(54)55)59-31-23(41-15(5)49)35(58)61-19(9-45)29(31)66-37-22(40-14(4)48)27(53)28(18(8-44)63-37)65-38-24(42-16(6)50)32(60-12(2)34(56)57)30(20(10-46)64-38)67-36-21(39-13(3)47)26(52)25(51)17(7-43)62-36/h11-12,17-32,35-38,43-46,51-53,58H,7-10H2,1-6H3,(H,39,47)(H,40,48)(H,41,49)(H,42,50)(H,54,55)(H,56,57)/t11-,12-,17-,18+,19+,20+,21+,22-,23-,24-,25+,26-,27+,28-,29-,30-,31+,32+,35+,36+,37-,38-/m1/s1. The Morgan fingerprint density at radius 1 is 0.448 bits per heavy atom. The Hall–Kier alpha value is -3.86. The number of amides is 4. The molecular weight excluding hydrogens is 912 g/mol. The fourth-order valence-electron chi connectivity index (χ4n) is 8.04. The van der Waals surface area contributed by atoms with E-state index in [2.05, 4.69) is 21.3 Å². The van der Waals surface area contributed by atoms with Gasteiger partial charge in [-0.25, -0.2) is 9.59 Å². The van der Waals surface area contributed by atoms with Gasteiger partial charge in [0, 0.05) is 27.7 Å². The van der Waals surface area contributed by atoms with Gasteiger partial charge in [0.15, 0.2) is 37.4 Å². The van der Waals surface area contributed by atoms with Gasteiger partial charge in [-0.1, -0.05) is 0 Å². The molecule has 29 nitrogen and oxygen atoms in total. The summed E-state index contributed by atoms with van der Waals surface area (Å²) in [6.45, 7) is 2.61. The largest absolute Gasteiger partial charge is 0.479 e. The zero-order valence-corrected chi connectivity index (χ0v) is 37.1. The van der Waals surface area contributed by atoms with E-state index < -0.39 is 197 Å². The minimum atomic E-state index is -2.02. The van der Waals surface area contributed by atoms with Crippen LogP contribution in [0.5, 0.6) is 0 Å². The zero-order valence-electron chi connectivity index (χ0n) is 37.1. The van der Waals surface area contributed by atoms with Crippen LogP contribution in [0, 0.1) is 0 Å². The first-order valence-corrected chi connectivity index (χ1v) is 21.1. The van der Waals surface area contributed by atoms with Crippen LogP contribution in [0.3, 0.4) is 0 Å². The van der Waals surface area contributed by atoms with E-state index in [1.54, 1.807) is 0 Å². The zero-order chi connectivity index (χ0) is 50.2. The molecule has 4 rings (SSSR count). The number of nitrogens with one attached hydrogen (secondary N) is 4. The lowest BCUT2D eigenvalue weighted by molar-refractivity contribution is -0.366. The predicted molar refractivity (Wildman–Crippen MR) is 212 cm³/mol. The van der Waals surface area contributed by atoms with E-state index in [1.165, 1.54) is 0 Å². The first-order valence-electron chi connectivity index (χ1n) is 21.1. The average molecular weight is 975 g/mol. The lowest BCUT2D eigenvalue weighted by atomic mass is 9.93. The molecule has 0 radical (unpaired) electrons. The summed E-state index contributed by atoms with van der Waals surface area (Å²) in [5, 5.41) is 115. The number of ether oxygens (including phenoxy) is 9. The molecule has 67 heavy (non-hydrogen) atoms. The summed E-state index contributed by atoms with van der Waals surface area (Å²) in [6, 6.07) is -6.54. The highest BCUT2D eigenvalue weighted by Crippen LogP contribution is 2.36. The van der Waals surface area contributed by atoms with Gasteiger partial charge in [0.25, 0.3) is 0 Å². The Bertz CT molecular complexity index is 1700. The smallest absolute Gasteiger partial charge is 0.332 e. The van der Waals surface area contributed by atoms with Gasteiger partial charge in [-0.05, 0) is 13.8 Å². The second-order valence-corrected chi connectivity index (χ2v) is 16.3. The summed E-state index contributed by atoms with van der Waals surface area (Å²) >= 11 is 0. The minimum absolute atomic E-state index is 0.731. The molecule has 29 heteroatoms. The Kier molecular flexibility index (Phi) is 20.5. The van der Waals surface area contributed by atoms with Crippen LogP contribution in [0.25, 0.3) is 0 Å². The molecule has 4 amide bonds. The van der Waals surface area contributed by atoms with Crippen LogP contribution in [0.15, 0.2) is 0 Å². The Morgan fingerprint density at radius 3 is 1.19 bits per heavy atom. The van der Waals surface area contributed by atoms with Crippen LogP contribution >= 0.6 is 0 Å². The van der Waals surface area contributed by atoms with E-state index in [0.717, 1.165) is 41.5 Å². The Morgan fingerprint density at radius 2 is 0.776 bits per heavy atom. The van der Waals surface area contributed by atoms with Crippen LogP contribution in [0.4, 0.5) is 0 Å². The highest BCUT2D eigenvalue weighted by atomic mass is 16.8. The van der Waals surface area contributed by atoms with Gasteiger partial charge >= 0.3 is 11.9 Å². The topological polar surface area (TPSA) is 436 Å². The lowest BCUT2D eigenvalue weighted by Gasteiger charge is -2.52. The molecule has 0 aromatic rings. The van der Waals surface area contributed by atoms with Gasteiger partial charge in [-0.15, -0.1) is 0 Å². The molecule has 0 spiro atoms. The molecule has 0 aliphatic carbocycles. The summed E-state index contributed by atoms with van der Waals surface area (Å²) in [6.07, 6.45) is -31.5. The number of carboxylic acids is 2. The summed E-state index contributed by atoms with van der Waals surface area (Å²) in [5.41, 5.74) is 0. The van der Waals surface area contributed by atoms with E-state index in [1.807, 2.05) is 0 Å². The molecule has 22 atom stereocenters. The number of aliphatic carboxylic acids is 2. The fraction of sp³-hybridized carbons (Fsp3) is 0.842. The van der Waals surface area contributed by atoms with Crippen molar-refractivity contribution in [3.63, 3.8) is 0 Å². The molecule has 0 unspecified atom stereocenters. The number of carbonyl (C=O) groups excluding carboxylic acids is 4. The van der Waals surface area contributed by atoms with E-state index in [0.29, 0.717) is 0 Å². The number of rotatable bonds is 20. The summed E-state index contributed by atoms with van der Waals surface area (Å²) in [4.78, 5) is 73.9. The van der Waals surface area contributed by atoms with Crippen molar-refractivity contribution in [3.05, 3.63) is 0 Å². The number of hydrogen-bond acceptors (Lipinski definition) is 23. The second kappa shape index (κ2) is 24.6. The monoisotopic (exact) mass is 974 g/mol. The first kappa shape index (κ1) is 55.7. The maximum Gasteiger partial charge on any atom is 0.332 e. The van der Waals surface area contributed by atoms with Crippen molar-refractivity contribution >= 4 is 35.6 Å². The molecule has 4 fully saturated rings. The molecule has 384 valence electrons. The van der Waals surface area contributed by atoms with E-state index in [4.69, 9.17) is 42.6 Å².